The molecule has 9 nitrogen and oxygen atoms in total. The lowest BCUT2D eigenvalue weighted by atomic mass is 10.1. The van der Waals surface area contributed by atoms with E-state index in [4.69, 9.17) is 9.68 Å². The van der Waals surface area contributed by atoms with Crippen LogP contribution in [0.1, 0.15) is 22.7 Å². The molecule has 1 aliphatic rings. The summed E-state index contributed by atoms with van der Waals surface area (Å²) in [6.45, 7) is 1.42. The molecular formula is C18H17N7O2. The minimum atomic E-state index is -0.352. The number of nitrogens with zero attached hydrogens (tertiary/aromatic N) is 5. The van der Waals surface area contributed by atoms with Gasteiger partial charge in [0.15, 0.2) is 5.76 Å². The van der Waals surface area contributed by atoms with E-state index in [0.29, 0.717) is 23.4 Å². The molecule has 1 fully saturated rings. The summed E-state index contributed by atoms with van der Waals surface area (Å²) in [4.78, 5) is 16.5. The van der Waals surface area contributed by atoms with Crippen LogP contribution < -0.4 is 10.6 Å². The number of hydrogen-bond acceptors (Lipinski definition) is 7. The van der Waals surface area contributed by atoms with Crippen LogP contribution >= 0.6 is 0 Å². The molecule has 1 saturated heterocycles. The predicted molar refractivity (Wildman–Crippen MR) is 94.3 cm³/mol. The van der Waals surface area contributed by atoms with Gasteiger partial charge in [0.05, 0.1) is 17.8 Å². The van der Waals surface area contributed by atoms with Gasteiger partial charge in [-0.3, -0.25) is 4.79 Å². The quantitative estimate of drug-likeness (QED) is 0.692. The third-order valence-electron chi connectivity index (χ3n) is 4.43. The Morgan fingerprint density at radius 1 is 1.41 bits per heavy atom. The Kier molecular flexibility index (Phi) is 4.63. The molecule has 2 aromatic heterocycles. The average Bonchev–Trinajstić information content (AvgIpc) is 3.44. The Morgan fingerprint density at radius 2 is 2.26 bits per heavy atom. The highest BCUT2D eigenvalue weighted by atomic mass is 16.4. The van der Waals surface area contributed by atoms with E-state index in [1.54, 1.807) is 36.9 Å². The second-order valence-corrected chi connectivity index (χ2v) is 6.39. The summed E-state index contributed by atoms with van der Waals surface area (Å²) in [5.74, 6) is 0.108. The van der Waals surface area contributed by atoms with Crippen molar-refractivity contribution in [1.82, 2.24) is 30.4 Å². The number of amides is 1. The zero-order valence-corrected chi connectivity index (χ0v) is 14.4. The van der Waals surface area contributed by atoms with Gasteiger partial charge in [0.1, 0.15) is 12.7 Å². The van der Waals surface area contributed by atoms with Gasteiger partial charge in [0.2, 0.25) is 0 Å². The predicted octanol–water partition coefficient (Wildman–Crippen LogP) is 0.965. The molecule has 27 heavy (non-hydrogen) atoms. The van der Waals surface area contributed by atoms with E-state index >= 15 is 0 Å². The molecule has 3 aromatic rings. The van der Waals surface area contributed by atoms with Crippen LogP contribution in [-0.4, -0.2) is 44.3 Å². The lowest BCUT2D eigenvalue weighted by Crippen LogP contribution is -2.36. The molecule has 9 heteroatoms. The fraction of sp³-hybridized carbons (Fsp3) is 0.278. The minimum Gasteiger partial charge on any atom is -0.432 e. The maximum Gasteiger partial charge on any atom is 0.307 e. The molecule has 0 radical (unpaired) electrons. The second-order valence-electron chi connectivity index (χ2n) is 6.39. The van der Waals surface area contributed by atoms with Crippen LogP contribution in [0.2, 0.25) is 0 Å². The van der Waals surface area contributed by atoms with Crippen molar-refractivity contribution in [2.75, 3.05) is 6.54 Å². The standard InChI is InChI=1S/C18H17N7O2/c19-6-12-2-1-3-13(4-12)16-8-21-18(27-16)17(26)24-14-5-15(20-7-14)9-25-10-22-23-11-25/h1-4,8,10-11,14-15,20H,5,7,9H2,(H,24,26)/t14-,15+/m1/s1. The lowest BCUT2D eigenvalue weighted by Gasteiger charge is -2.11. The highest BCUT2D eigenvalue weighted by Gasteiger charge is 2.27. The van der Waals surface area contributed by atoms with Crippen LogP contribution in [0.25, 0.3) is 11.3 Å². The SMILES string of the molecule is N#Cc1cccc(-c2cnc(C(=O)N[C@H]3CN[C@H](Cn4cnnc4)C3)o2)c1. The Balaban J connectivity index is 1.36. The van der Waals surface area contributed by atoms with Crippen molar-refractivity contribution >= 4 is 5.91 Å². The summed E-state index contributed by atoms with van der Waals surface area (Å²) in [5, 5.41) is 22.9. The van der Waals surface area contributed by atoms with Gasteiger partial charge in [-0.15, -0.1) is 10.2 Å². The number of oxazole rings is 1. The number of hydrogen-bond donors (Lipinski definition) is 2. The highest BCUT2D eigenvalue weighted by Crippen LogP contribution is 2.21. The summed E-state index contributed by atoms with van der Waals surface area (Å²) >= 11 is 0. The highest BCUT2D eigenvalue weighted by molar-refractivity contribution is 5.90. The molecule has 1 aromatic carbocycles. The van der Waals surface area contributed by atoms with Crippen LogP contribution in [0, 0.1) is 11.3 Å². The average molecular weight is 363 g/mol. The molecule has 0 aliphatic carbocycles. The molecule has 2 N–H and O–H groups in total. The molecule has 1 aliphatic heterocycles. The molecule has 0 spiro atoms. The fourth-order valence-electron chi connectivity index (χ4n) is 3.14. The van der Waals surface area contributed by atoms with E-state index in [9.17, 15) is 4.79 Å². The van der Waals surface area contributed by atoms with Crippen LogP contribution in [0.3, 0.4) is 0 Å². The van der Waals surface area contributed by atoms with Crippen molar-refractivity contribution in [3.8, 4) is 17.4 Å². The molecule has 0 saturated carbocycles. The number of aromatic nitrogens is 4. The first-order chi connectivity index (χ1) is 13.2. The van der Waals surface area contributed by atoms with Crippen molar-refractivity contribution < 1.29 is 9.21 Å². The van der Waals surface area contributed by atoms with Crippen LogP contribution in [-0.2, 0) is 6.54 Å². The van der Waals surface area contributed by atoms with E-state index in [1.165, 1.54) is 6.20 Å². The third kappa shape index (κ3) is 3.86. The maximum absolute atomic E-state index is 12.4. The second kappa shape index (κ2) is 7.39. The van der Waals surface area contributed by atoms with Crippen molar-refractivity contribution in [1.29, 1.82) is 5.26 Å². The van der Waals surface area contributed by atoms with Gasteiger partial charge in [0, 0.05) is 30.7 Å². The van der Waals surface area contributed by atoms with E-state index in [-0.39, 0.29) is 23.9 Å². The van der Waals surface area contributed by atoms with Crippen molar-refractivity contribution in [3.05, 3.63) is 54.6 Å². The fourth-order valence-corrected chi connectivity index (χ4v) is 3.14. The van der Waals surface area contributed by atoms with Crippen molar-refractivity contribution in [3.63, 3.8) is 0 Å². The number of nitrogens with one attached hydrogen (secondary N) is 2. The molecular weight excluding hydrogens is 346 g/mol. The largest absolute Gasteiger partial charge is 0.432 e. The van der Waals surface area contributed by atoms with Gasteiger partial charge in [-0.25, -0.2) is 4.98 Å². The monoisotopic (exact) mass is 363 g/mol. The maximum atomic E-state index is 12.4. The molecule has 2 atom stereocenters. The first-order valence-corrected chi connectivity index (χ1v) is 8.54. The summed E-state index contributed by atoms with van der Waals surface area (Å²) in [6, 6.07) is 9.27. The number of carbonyl (C=O) groups is 1. The van der Waals surface area contributed by atoms with Crippen LogP contribution in [0.5, 0.6) is 0 Å². The Hall–Kier alpha value is -3.51. The zero-order chi connectivity index (χ0) is 18.6. The van der Waals surface area contributed by atoms with E-state index in [2.05, 4.69) is 31.9 Å². The number of nitriles is 1. The van der Waals surface area contributed by atoms with Crippen LogP contribution in [0.15, 0.2) is 47.5 Å². The molecule has 0 unspecified atom stereocenters. The van der Waals surface area contributed by atoms with Gasteiger partial charge in [-0.05, 0) is 18.6 Å². The van der Waals surface area contributed by atoms with Gasteiger partial charge in [-0.1, -0.05) is 12.1 Å². The molecule has 4 rings (SSSR count). The summed E-state index contributed by atoms with van der Waals surface area (Å²) in [5.41, 5.74) is 1.23. The smallest absolute Gasteiger partial charge is 0.307 e. The van der Waals surface area contributed by atoms with Gasteiger partial charge < -0.3 is 19.6 Å². The van der Waals surface area contributed by atoms with Gasteiger partial charge >= 0.3 is 5.91 Å². The van der Waals surface area contributed by atoms with E-state index < -0.39 is 0 Å². The molecule has 3 heterocycles. The van der Waals surface area contributed by atoms with E-state index in [1.807, 2.05) is 4.57 Å². The molecule has 1 amide bonds. The first kappa shape index (κ1) is 16.9. The summed E-state index contributed by atoms with van der Waals surface area (Å²) in [7, 11) is 0. The number of benzene rings is 1. The van der Waals surface area contributed by atoms with Crippen LogP contribution in [0.4, 0.5) is 0 Å². The third-order valence-corrected chi connectivity index (χ3v) is 4.43. The topological polar surface area (TPSA) is 122 Å². The van der Waals surface area contributed by atoms with Crippen molar-refractivity contribution in [2.45, 2.75) is 25.0 Å². The summed E-state index contributed by atoms with van der Waals surface area (Å²) < 4.78 is 7.48. The molecule has 136 valence electrons. The number of carbonyl (C=O) groups excluding carboxylic acids is 1. The molecule has 0 bridgehead atoms. The van der Waals surface area contributed by atoms with E-state index in [0.717, 1.165) is 13.0 Å². The Bertz CT molecular complexity index is 974. The lowest BCUT2D eigenvalue weighted by molar-refractivity contribution is 0.0905. The normalized spacial score (nSPS) is 18.9. The Morgan fingerprint density at radius 3 is 3.07 bits per heavy atom. The van der Waals surface area contributed by atoms with Gasteiger partial charge in [-0.2, -0.15) is 5.26 Å². The zero-order valence-electron chi connectivity index (χ0n) is 14.4. The first-order valence-electron chi connectivity index (χ1n) is 8.54. The minimum absolute atomic E-state index is 0.00347. The summed E-state index contributed by atoms with van der Waals surface area (Å²) in [6.07, 6.45) is 5.63. The van der Waals surface area contributed by atoms with Crippen molar-refractivity contribution in [2.24, 2.45) is 0 Å². The van der Waals surface area contributed by atoms with Gasteiger partial charge in [0.25, 0.3) is 5.89 Å². The Labute approximate surface area is 155 Å². The number of rotatable bonds is 5.